The van der Waals surface area contributed by atoms with E-state index in [1.165, 1.54) is 19.2 Å². The van der Waals surface area contributed by atoms with Gasteiger partial charge < -0.3 is 14.7 Å². The van der Waals surface area contributed by atoms with E-state index in [0.29, 0.717) is 24.4 Å². The van der Waals surface area contributed by atoms with Gasteiger partial charge in [0.2, 0.25) is 5.91 Å². The molecule has 1 aromatic rings. The number of hydrogen-bond donors (Lipinski definition) is 1. The maximum absolute atomic E-state index is 11.9. The molecule has 5 nitrogen and oxygen atoms in total. The molecule has 2 rings (SSSR count). The highest BCUT2D eigenvalue weighted by atomic mass is 16.5. The standard InChI is InChI=1S/C14H15NO4/c1-3-9-4-13(16)15(8-9)11-5-10(14(17)18)6-12(7-11)19-2/h3,5-7,9H,1,4,8H2,2H3,(H,17,18). The van der Waals surface area contributed by atoms with Crippen LogP contribution in [0.5, 0.6) is 5.75 Å². The third-order valence-electron chi connectivity index (χ3n) is 3.17. The molecule has 1 amide bonds. The molecule has 0 saturated carbocycles. The quantitative estimate of drug-likeness (QED) is 0.841. The topological polar surface area (TPSA) is 66.8 Å². The fourth-order valence-corrected chi connectivity index (χ4v) is 2.12. The Morgan fingerprint density at radius 1 is 1.53 bits per heavy atom. The second-order valence-electron chi connectivity index (χ2n) is 4.43. The van der Waals surface area contributed by atoms with Gasteiger partial charge >= 0.3 is 5.97 Å². The molecule has 1 saturated heterocycles. The highest BCUT2D eigenvalue weighted by Crippen LogP contribution is 2.29. The number of amides is 1. The number of ether oxygens (including phenoxy) is 1. The van der Waals surface area contributed by atoms with E-state index in [-0.39, 0.29) is 17.4 Å². The predicted molar refractivity (Wildman–Crippen MR) is 70.6 cm³/mol. The van der Waals surface area contributed by atoms with E-state index in [1.54, 1.807) is 17.0 Å². The SMILES string of the molecule is C=CC1CC(=O)N(c2cc(OC)cc(C(=O)O)c2)C1. The van der Waals surface area contributed by atoms with E-state index in [9.17, 15) is 9.59 Å². The monoisotopic (exact) mass is 261 g/mol. The number of benzene rings is 1. The number of hydrogen-bond acceptors (Lipinski definition) is 3. The fraction of sp³-hybridized carbons (Fsp3) is 0.286. The number of carboxylic acid groups (broad SMARTS) is 1. The van der Waals surface area contributed by atoms with Gasteiger partial charge in [0.1, 0.15) is 5.75 Å². The van der Waals surface area contributed by atoms with Crippen molar-refractivity contribution in [3.8, 4) is 5.75 Å². The van der Waals surface area contributed by atoms with E-state index >= 15 is 0 Å². The molecule has 1 aromatic carbocycles. The first-order valence-electron chi connectivity index (χ1n) is 5.90. The summed E-state index contributed by atoms with van der Waals surface area (Å²) in [5.41, 5.74) is 0.648. The smallest absolute Gasteiger partial charge is 0.335 e. The van der Waals surface area contributed by atoms with Crippen LogP contribution >= 0.6 is 0 Å². The fourth-order valence-electron chi connectivity index (χ4n) is 2.12. The number of methoxy groups -OCH3 is 1. The summed E-state index contributed by atoms with van der Waals surface area (Å²) in [6.07, 6.45) is 2.15. The number of carbonyl (C=O) groups excluding carboxylic acids is 1. The highest BCUT2D eigenvalue weighted by Gasteiger charge is 2.29. The van der Waals surface area contributed by atoms with Crippen molar-refractivity contribution in [1.29, 1.82) is 0 Å². The van der Waals surface area contributed by atoms with Crippen LogP contribution in [0.15, 0.2) is 30.9 Å². The van der Waals surface area contributed by atoms with Gasteiger partial charge in [-0.2, -0.15) is 0 Å². The van der Waals surface area contributed by atoms with Gasteiger partial charge in [0, 0.05) is 30.6 Å². The molecule has 1 fully saturated rings. The lowest BCUT2D eigenvalue weighted by Gasteiger charge is -2.17. The Labute approximate surface area is 111 Å². The highest BCUT2D eigenvalue weighted by molar-refractivity contribution is 5.98. The summed E-state index contributed by atoms with van der Waals surface area (Å²) in [4.78, 5) is 24.5. The van der Waals surface area contributed by atoms with Gasteiger partial charge in [-0.15, -0.1) is 6.58 Å². The maximum Gasteiger partial charge on any atom is 0.335 e. The Hall–Kier alpha value is -2.30. The van der Waals surface area contributed by atoms with Crippen LogP contribution in [-0.2, 0) is 4.79 Å². The summed E-state index contributed by atoms with van der Waals surface area (Å²) in [6.45, 7) is 4.21. The average molecular weight is 261 g/mol. The summed E-state index contributed by atoms with van der Waals surface area (Å²) in [5, 5.41) is 9.06. The van der Waals surface area contributed by atoms with E-state index in [1.807, 2.05) is 0 Å². The van der Waals surface area contributed by atoms with E-state index in [4.69, 9.17) is 9.84 Å². The van der Waals surface area contributed by atoms with Crippen molar-refractivity contribution in [2.45, 2.75) is 6.42 Å². The molecule has 0 aliphatic carbocycles. The number of carboxylic acids is 1. The van der Waals surface area contributed by atoms with Crippen LogP contribution in [0, 0.1) is 5.92 Å². The molecule has 0 radical (unpaired) electrons. The second-order valence-corrected chi connectivity index (χ2v) is 4.43. The molecule has 0 spiro atoms. The Morgan fingerprint density at radius 3 is 2.79 bits per heavy atom. The lowest BCUT2D eigenvalue weighted by atomic mass is 10.1. The predicted octanol–water partition coefficient (Wildman–Crippen LogP) is 1.93. The van der Waals surface area contributed by atoms with Crippen molar-refractivity contribution < 1.29 is 19.4 Å². The first-order valence-corrected chi connectivity index (χ1v) is 5.90. The van der Waals surface area contributed by atoms with Crippen molar-refractivity contribution in [2.24, 2.45) is 5.92 Å². The number of anilines is 1. The Bertz CT molecular complexity index is 538. The van der Waals surface area contributed by atoms with Crippen molar-refractivity contribution >= 4 is 17.6 Å². The minimum Gasteiger partial charge on any atom is -0.497 e. The van der Waals surface area contributed by atoms with E-state index in [0.717, 1.165) is 0 Å². The molecule has 1 unspecified atom stereocenters. The third-order valence-corrected chi connectivity index (χ3v) is 3.17. The molecule has 1 aliphatic rings. The summed E-state index contributed by atoms with van der Waals surface area (Å²) in [6, 6.07) is 4.57. The van der Waals surface area contributed by atoms with Gasteiger partial charge in [-0.1, -0.05) is 6.08 Å². The zero-order chi connectivity index (χ0) is 14.0. The van der Waals surface area contributed by atoms with E-state index < -0.39 is 5.97 Å². The molecule has 5 heteroatoms. The number of rotatable bonds is 4. The first kappa shape index (κ1) is 13.1. The maximum atomic E-state index is 11.9. The number of carbonyl (C=O) groups is 2. The van der Waals surface area contributed by atoms with Gasteiger partial charge in [-0.25, -0.2) is 4.79 Å². The average Bonchev–Trinajstić information content (AvgIpc) is 2.79. The molecule has 100 valence electrons. The lowest BCUT2D eigenvalue weighted by molar-refractivity contribution is -0.117. The number of aromatic carboxylic acids is 1. The summed E-state index contributed by atoms with van der Waals surface area (Å²) < 4.78 is 5.07. The van der Waals surface area contributed by atoms with Crippen LogP contribution in [0.4, 0.5) is 5.69 Å². The van der Waals surface area contributed by atoms with Crippen LogP contribution < -0.4 is 9.64 Å². The Balaban J connectivity index is 2.39. The van der Waals surface area contributed by atoms with Crippen molar-refractivity contribution in [2.75, 3.05) is 18.6 Å². The van der Waals surface area contributed by atoms with Crippen LogP contribution in [0.3, 0.4) is 0 Å². The van der Waals surface area contributed by atoms with Crippen LogP contribution in [0.2, 0.25) is 0 Å². The normalized spacial score (nSPS) is 18.5. The van der Waals surface area contributed by atoms with Gasteiger partial charge in [-0.3, -0.25) is 4.79 Å². The molecule has 0 bridgehead atoms. The summed E-state index contributed by atoms with van der Waals surface area (Å²) in [5.74, 6) is -0.557. The number of nitrogens with zero attached hydrogens (tertiary/aromatic N) is 1. The van der Waals surface area contributed by atoms with Gasteiger partial charge in [0.05, 0.1) is 12.7 Å². The third kappa shape index (κ3) is 2.59. The molecule has 1 N–H and O–H groups in total. The van der Waals surface area contributed by atoms with Crippen LogP contribution in [0.1, 0.15) is 16.8 Å². The Morgan fingerprint density at radius 2 is 2.26 bits per heavy atom. The molecule has 1 heterocycles. The minimum absolute atomic E-state index is 0.0329. The summed E-state index contributed by atoms with van der Waals surface area (Å²) in [7, 11) is 1.46. The molecule has 19 heavy (non-hydrogen) atoms. The molecular formula is C14H15NO4. The minimum atomic E-state index is -1.05. The van der Waals surface area contributed by atoms with Crippen molar-refractivity contribution in [3.63, 3.8) is 0 Å². The Kier molecular flexibility index (Phi) is 3.55. The lowest BCUT2D eigenvalue weighted by Crippen LogP contribution is -2.24. The molecule has 0 aromatic heterocycles. The van der Waals surface area contributed by atoms with Crippen molar-refractivity contribution in [1.82, 2.24) is 0 Å². The van der Waals surface area contributed by atoms with Gasteiger partial charge in [0.15, 0.2) is 0 Å². The second kappa shape index (κ2) is 5.14. The zero-order valence-electron chi connectivity index (χ0n) is 10.6. The molecular weight excluding hydrogens is 246 g/mol. The molecule has 1 aliphatic heterocycles. The zero-order valence-corrected chi connectivity index (χ0v) is 10.6. The van der Waals surface area contributed by atoms with Crippen molar-refractivity contribution in [3.05, 3.63) is 36.4 Å². The molecule has 1 atom stereocenters. The van der Waals surface area contributed by atoms with Gasteiger partial charge in [-0.05, 0) is 12.1 Å². The van der Waals surface area contributed by atoms with E-state index in [2.05, 4.69) is 6.58 Å². The van der Waals surface area contributed by atoms with Gasteiger partial charge in [0.25, 0.3) is 0 Å². The first-order chi connectivity index (χ1) is 9.05. The summed E-state index contributed by atoms with van der Waals surface area (Å²) >= 11 is 0. The largest absolute Gasteiger partial charge is 0.497 e. The van der Waals surface area contributed by atoms with Crippen LogP contribution in [0.25, 0.3) is 0 Å². The van der Waals surface area contributed by atoms with Crippen LogP contribution in [-0.4, -0.2) is 30.6 Å².